The summed E-state index contributed by atoms with van der Waals surface area (Å²) in [6, 6.07) is 8.94. The maximum absolute atomic E-state index is 5.61. The number of benzene rings is 1. The summed E-state index contributed by atoms with van der Waals surface area (Å²) >= 11 is 0. The molecule has 0 bridgehead atoms. The van der Waals surface area contributed by atoms with Gasteiger partial charge in [-0.25, -0.2) is 0 Å². The van der Waals surface area contributed by atoms with Crippen LogP contribution >= 0.6 is 0 Å². The first-order chi connectivity index (χ1) is 8.43. The van der Waals surface area contributed by atoms with E-state index in [2.05, 4.69) is 57.3 Å². The van der Waals surface area contributed by atoms with Gasteiger partial charge in [0.2, 0.25) is 0 Å². The van der Waals surface area contributed by atoms with Crippen LogP contribution < -0.4 is 11.1 Å². The summed E-state index contributed by atoms with van der Waals surface area (Å²) in [6.45, 7) is 10.6. The zero-order chi connectivity index (χ0) is 13.6. The van der Waals surface area contributed by atoms with Gasteiger partial charge in [0.25, 0.3) is 0 Å². The minimum atomic E-state index is 0.116. The van der Waals surface area contributed by atoms with Crippen LogP contribution in [-0.4, -0.2) is 12.1 Å². The Morgan fingerprint density at radius 1 is 1.11 bits per heavy atom. The molecule has 1 aromatic carbocycles. The SMILES string of the molecule is CC(C)Cc1ccc(CNC(C)(C)CCN)cc1. The highest BCUT2D eigenvalue weighted by molar-refractivity contribution is 5.22. The molecule has 0 aromatic heterocycles. The van der Waals surface area contributed by atoms with Crippen molar-refractivity contribution in [3.05, 3.63) is 35.4 Å². The van der Waals surface area contributed by atoms with E-state index in [9.17, 15) is 0 Å². The van der Waals surface area contributed by atoms with Gasteiger partial charge >= 0.3 is 0 Å². The van der Waals surface area contributed by atoms with Crippen LogP contribution in [0.5, 0.6) is 0 Å². The summed E-state index contributed by atoms with van der Waals surface area (Å²) in [4.78, 5) is 0. The summed E-state index contributed by atoms with van der Waals surface area (Å²) < 4.78 is 0. The van der Waals surface area contributed by atoms with Crippen molar-refractivity contribution in [3.63, 3.8) is 0 Å². The lowest BCUT2D eigenvalue weighted by atomic mass is 9.99. The standard InChI is InChI=1S/C16H28N2/c1-13(2)11-14-5-7-15(8-6-14)12-18-16(3,4)9-10-17/h5-8,13,18H,9-12,17H2,1-4H3. The van der Waals surface area contributed by atoms with Gasteiger partial charge in [-0.15, -0.1) is 0 Å². The summed E-state index contributed by atoms with van der Waals surface area (Å²) in [5.74, 6) is 0.720. The van der Waals surface area contributed by atoms with Crippen molar-refractivity contribution in [1.82, 2.24) is 5.32 Å². The first-order valence-corrected chi connectivity index (χ1v) is 6.96. The number of hydrogen-bond donors (Lipinski definition) is 2. The Morgan fingerprint density at radius 3 is 2.17 bits per heavy atom. The normalized spacial score (nSPS) is 12.1. The summed E-state index contributed by atoms with van der Waals surface area (Å²) in [5.41, 5.74) is 8.49. The predicted molar refractivity (Wildman–Crippen MR) is 79.6 cm³/mol. The van der Waals surface area contributed by atoms with Gasteiger partial charge in [0.1, 0.15) is 0 Å². The third-order valence-electron chi connectivity index (χ3n) is 3.21. The highest BCUT2D eigenvalue weighted by Crippen LogP contribution is 2.12. The van der Waals surface area contributed by atoms with Crippen LogP contribution in [0, 0.1) is 5.92 Å². The molecule has 0 unspecified atom stereocenters. The van der Waals surface area contributed by atoms with E-state index in [1.165, 1.54) is 11.1 Å². The van der Waals surface area contributed by atoms with Crippen LogP contribution in [0.15, 0.2) is 24.3 Å². The minimum absolute atomic E-state index is 0.116. The second-order valence-corrected chi connectivity index (χ2v) is 6.19. The molecule has 0 atom stereocenters. The van der Waals surface area contributed by atoms with Crippen LogP contribution in [0.3, 0.4) is 0 Å². The lowest BCUT2D eigenvalue weighted by molar-refractivity contribution is 0.365. The number of hydrogen-bond acceptors (Lipinski definition) is 2. The summed E-state index contributed by atoms with van der Waals surface area (Å²) in [6.07, 6.45) is 2.16. The molecule has 0 saturated heterocycles. The van der Waals surface area contributed by atoms with Gasteiger partial charge in [0.05, 0.1) is 0 Å². The fraction of sp³-hybridized carbons (Fsp3) is 0.625. The second kappa shape index (κ2) is 6.91. The Labute approximate surface area is 112 Å². The molecule has 102 valence electrons. The van der Waals surface area contributed by atoms with Crippen molar-refractivity contribution in [2.75, 3.05) is 6.54 Å². The quantitative estimate of drug-likeness (QED) is 0.778. The zero-order valence-electron chi connectivity index (χ0n) is 12.3. The van der Waals surface area contributed by atoms with Gasteiger partial charge in [0.15, 0.2) is 0 Å². The Balaban J connectivity index is 2.48. The molecule has 2 heteroatoms. The Bertz CT molecular complexity index is 339. The average molecular weight is 248 g/mol. The molecular formula is C16H28N2. The molecule has 0 aliphatic rings. The van der Waals surface area contributed by atoms with Crippen molar-refractivity contribution in [2.45, 2.75) is 52.6 Å². The largest absolute Gasteiger partial charge is 0.330 e. The molecular weight excluding hydrogens is 220 g/mol. The fourth-order valence-corrected chi connectivity index (χ4v) is 2.06. The van der Waals surface area contributed by atoms with Gasteiger partial charge in [-0.05, 0) is 50.3 Å². The molecule has 0 saturated carbocycles. The van der Waals surface area contributed by atoms with Gasteiger partial charge in [-0.2, -0.15) is 0 Å². The maximum atomic E-state index is 5.61. The van der Waals surface area contributed by atoms with Gasteiger partial charge in [-0.1, -0.05) is 38.1 Å². The number of nitrogens with two attached hydrogens (primary N) is 1. The molecule has 2 nitrogen and oxygen atoms in total. The summed E-state index contributed by atoms with van der Waals surface area (Å²) in [5, 5.41) is 3.56. The molecule has 18 heavy (non-hydrogen) atoms. The van der Waals surface area contributed by atoms with E-state index < -0.39 is 0 Å². The Morgan fingerprint density at radius 2 is 1.67 bits per heavy atom. The molecule has 0 heterocycles. The molecule has 0 spiro atoms. The monoisotopic (exact) mass is 248 g/mol. The third kappa shape index (κ3) is 5.65. The maximum Gasteiger partial charge on any atom is 0.0210 e. The average Bonchev–Trinajstić information content (AvgIpc) is 2.27. The van der Waals surface area contributed by atoms with E-state index >= 15 is 0 Å². The lowest BCUT2D eigenvalue weighted by Gasteiger charge is -2.25. The van der Waals surface area contributed by atoms with E-state index in [0.29, 0.717) is 0 Å². The van der Waals surface area contributed by atoms with E-state index in [0.717, 1.165) is 31.8 Å². The molecule has 0 amide bonds. The van der Waals surface area contributed by atoms with Crippen molar-refractivity contribution in [1.29, 1.82) is 0 Å². The molecule has 0 aliphatic carbocycles. The van der Waals surface area contributed by atoms with E-state index in [4.69, 9.17) is 5.73 Å². The summed E-state index contributed by atoms with van der Waals surface area (Å²) in [7, 11) is 0. The van der Waals surface area contributed by atoms with E-state index in [1.807, 2.05) is 0 Å². The van der Waals surface area contributed by atoms with Crippen molar-refractivity contribution >= 4 is 0 Å². The van der Waals surface area contributed by atoms with E-state index in [-0.39, 0.29) is 5.54 Å². The molecule has 0 radical (unpaired) electrons. The van der Waals surface area contributed by atoms with Crippen LogP contribution in [0.25, 0.3) is 0 Å². The molecule has 1 rings (SSSR count). The highest BCUT2D eigenvalue weighted by Gasteiger charge is 2.15. The van der Waals surface area contributed by atoms with Crippen molar-refractivity contribution in [2.24, 2.45) is 11.7 Å². The smallest absolute Gasteiger partial charge is 0.0210 e. The van der Waals surface area contributed by atoms with Crippen molar-refractivity contribution in [3.8, 4) is 0 Å². The fourth-order valence-electron chi connectivity index (χ4n) is 2.06. The molecule has 1 aromatic rings. The first-order valence-electron chi connectivity index (χ1n) is 6.96. The van der Waals surface area contributed by atoms with Crippen molar-refractivity contribution < 1.29 is 0 Å². The first kappa shape index (κ1) is 15.2. The van der Waals surface area contributed by atoms with Crippen LogP contribution in [0.1, 0.15) is 45.2 Å². The highest BCUT2D eigenvalue weighted by atomic mass is 15.0. The lowest BCUT2D eigenvalue weighted by Crippen LogP contribution is -2.40. The number of rotatable bonds is 7. The topological polar surface area (TPSA) is 38.0 Å². The van der Waals surface area contributed by atoms with E-state index in [1.54, 1.807) is 0 Å². The molecule has 0 fully saturated rings. The third-order valence-corrected chi connectivity index (χ3v) is 3.21. The number of nitrogens with one attached hydrogen (secondary N) is 1. The van der Waals surface area contributed by atoms with Gasteiger partial charge in [-0.3, -0.25) is 0 Å². The van der Waals surface area contributed by atoms with Gasteiger partial charge in [0, 0.05) is 12.1 Å². The Kier molecular flexibility index (Phi) is 5.83. The zero-order valence-corrected chi connectivity index (χ0v) is 12.3. The predicted octanol–water partition coefficient (Wildman–Crippen LogP) is 3.10. The van der Waals surface area contributed by atoms with Crippen LogP contribution in [-0.2, 0) is 13.0 Å². The van der Waals surface area contributed by atoms with Gasteiger partial charge < -0.3 is 11.1 Å². The molecule has 0 aliphatic heterocycles. The van der Waals surface area contributed by atoms with Crippen LogP contribution in [0.2, 0.25) is 0 Å². The minimum Gasteiger partial charge on any atom is -0.330 e. The Hall–Kier alpha value is -0.860. The molecule has 3 N–H and O–H groups in total. The van der Waals surface area contributed by atoms with Crippen LogP contribution in [0.4, 0.5) is 0 Å². The second-order valence-electron chi connectivity index (χ2n) is 6.19.